The Morgan fingerprint density at radius 2 is 2.10 bits per heavy atom. The summed E-state index contributed by atoms with van der Waals surface area (Å²) in [6.45, 7) is 1.01. The van der Waals surface area contributed by atoms with E-state index < -0.39 is 0 Å². The molecule has 0 radical (unpaired) electrons. The Labute approximate surface area is 131 Å². The molecule has 0 spiro atoms. The zero-order valence-electron chi connectivity index (χ0n) is 12.5. The summed E-state index contributed by atoms with van der Waals surface area (Å²) in [6.07, 6.45) is 3.97. The first kappa shape index (κ1) is 14.7. The molecule has 0 aliphatic carbocycles. The largest absolute Gasteiger partial charge is 0.489 e. The predicted molar refractivity (Wildman–Crippen MR) is 92.4 cm³/mol. The second-order valence-electron chi connectivity index (χ2n) is 5.58. The lowest BCUT2D eigenvalue weighted by Gasteiger charge is -2.25. The molecule has 0 aromatic heterocycles. The second kappa shape index (κ2) is 7.19. The first-order valence-corrected chi connectivity index (χ1v) is 8.84. The average Bonchev–Trinajstić information content (AvgIpc) is 3.06. The van der Waals surface area contributed by atoms with Gasteiger partial charge in [0.2, 0.25) is 0 Å². The SMILES string of the molecule is CNCC[C@H](Oc1cccc2ccccc12)C1CCCS1. The molecule has 1 heterocycles. The van der Waals surface area contributed by atoms with Gasteiger partial charge in [0.05, 0.1) is 0 Å². The fourth-order valence-corrected chi connectivity index (χ4v) is 4.34. The Morgan fingerprint density at radius 1 is 1.24 bits per heavy atom. The van der Waals surface area contributed by atoms with Gasteiger partial charge in [-0.1, -0.05) is 36.4 Å². The van der Waals surface area contributed by atoms with Crippen molar-refractivity contribution < 1.29 is 4.74 Å². The smallest absolute Gasteiger partial charge is 0.127 e. The standard InChI is InChI=1S/C18H23NOS/c1-19-12-11-17(18-10-5-13-21-18)20-16-9-4-7-14-6-2-3-8-15(14)16/h2-4,6-9,17-19H,5,10-13H2,1H3/t17-,18?/m0/s1. The first-order chi connectivity index (χ1) is 10.4. The lowest BCUT2D eigenvalue weighted by atomic mass is 10.1. The third kappa shape index (κ3) is 3.53. The van der Waals surface area contributed by atoms with Gasteiger partial charge in [0.15, 0.2) is 0 Å². The van der Waals surface area contributed by atoms with E-state index in [1.165, 1.54) is 29.4 Å². The molecule has 2 atom stereocenters. The fraction of sp³-hybridized carbons (Fsp3) is 0.444. The van der Waals surface area contributed by atoms with E-state index in [2.05, 4.69) is 59.5 Å². The highest BCUT2D eigenvalue weighted by atomic mass is 32.2. The van der Waals surface area contributed by atoms with Crippen molar-refractivity contribution >= 4 is 22.5 Å². The molecular formula is C18H23NOS. The zero-order chi connectivity index (χ0) is 14.5. The van der Waals surface area contributed by atoms with Crippen LogP contribution in [0.3, 0.4) is 0 Å². The Hall–Kier alpha value is -1.19. The number of hydrogen-bond donors (Lipinski definition) is 1. The Kier molecular flexibility index (Phi) is 5.04. The van der Waals surface area contributed by atoms with Gasteiger partial charge in [0.25, 0.3) is 0 Å². The summed E-state index contributed by atoms with van der Waals surface area (Å²) in [5.41, 5.74) is 0. The molecule has 1 aliphatic heterocycles. The van der Waals surface area contributed by atoms with Crippen molar-refractivity contribution in [2.45, 2.75) is 30.6 Å². The van der Waals surface area contributed by atoms with E-state index in [-0.39, 0.29) is 0 Å². The van der Waals surface area contributed by atoms with E-state index in [9.17, 15) is 0 Å². The quantitative estimate of drug-likeness (QED) is 0.868. The first-order valence-electron chi connectivity index (χ1n) is 7.79. The maximum absolute atomic E-state index is 6.45. The molecule has 0 amide bonds. The van der Waals surface area contributed by atoms with Crippen molar-refractivity contribution in [3.8, 4) is 5.75 Å². The van der Waals surface area contributed by atoms with Gasteiger partial charge in [-0.15, -0.1) is 0 Å². The van der Waals surface area contributed by atoms with E-state index >= 15 is 0 Å². The van der Waals surface area contributed by atoms with Crippen LogP contribution >= 0.6 is 11.8 Å². The molecule has 0 saturated carbocycles. The summed E-state index contributed by atoms with van der Waals surface area (Å²) >= 11 is 2.07. The van der Waals surface area contributed by atoms with Crippen LogP contribution in [0, 0.1) is 0 Å². The number of fused-ring (bicyclic) bond motifs is 1. The normalized spacial score (nSPS) is 19.8. The summed E-state index contributed by atoms with van der Waals surface area (Å²) < 4.78 is 6.45. The van der Waals surface area contributed by atoms with Crippen molar-refractivity contribution in [3.63, 3.8) is 0 Å². The van der Waals surface area contributed by atoms with Crippen LogP contribution in [0.2, 0.25) is 0 Å². The van der Waals surface area contributed by atoms with Crippen molar-refractivity contribution in [2.24, 2.45) is 0 Å². The topological polar surface area (TPSA) is 21.3 Å². The molecule has 112 valence electrons. The van der Waals surface area contributed by atoms with Gasteiger partial charge < -0.3 is 10.1 Å². The highest BCUT2D eigenvalue weighted by Gasteiger charge is 2.27. The molecule has 1 fully saturated rings. The van der Waals surface area contributed by atoms with Crippen molar-refractivity contribution in [2.75, 3.05) is 19.3 Å². The molecule has 2 aromatic carbocycles. The summed E-state index contributed by atoms with van der Waals surface area (Å²) in [7, 11) is 2.01. The minimum Gasteiger partial charge on any atom is -0.489 e. The minimum absolute atomic E-state index is 0.302. The van der Waals surface area contributed by atoms with E-state index in [0.717, 1.165) is 18.7 Å². The van der Waals surface area contributed by atoms with Gasteiger partial charge in [0.1, 0.15) is 11.9 Å². The van der Waals surface area contributed by atoms with Crippen LogP contribution in [0.25, 0.3) is 10.8 Å². The summed E-state index contributed by atoms with van der Waals surface area (Å²) in [4.78, 5) is 0. The van der Waals surface area contributed by atoms with E-state index in [1.54, 1.807) is 0 Å². The van der Waals surface area contributed by atoms with Gasteiger partial charge in [-0.3, -0.25) is 0 Å². The second-order valence-corrected chi connectivity index (χ2v) is 6.92. The third-order valence-electron chi connectivity index (χ3n) is 4.09. The summed E-state index contributed by atoms with van der Waals surface area (Å²) in [6, 6.07) is 14.8. The fourth-order valence-electron chi connectivity index (χ4n) is 2.96. The van der Waals surface area contributed by atoms with Crippen LogP contribution in [0.5, 0.6) is 5.75 Å². The summed E-state index contributed by atoms with van der Waals surface area (Å²) in [5, 5.41) is 6.36. The van der Waals surface area contributed by atoms with Crippen LogP contribution in [0.1, 0.15) is 19.3 Å². The van der Waals surface area contributed by atoms with E-state index in [0.29, 0.717) is 11.4 Å². The lowest BCUT2D eigenvalue weighted by Crippen LogP contribution is -2.31. The van der Waals surface area contributed by atoms with Crippen LogP contribution in [0.4, 0.5) is 0 Å². The maximum atomic E-state index is 6.45. The van der Waals surface area contributed by atoms with Gasteiger partial charge in [-0.05, 0) is 50.1 Å². The van der Waals surface area contributed by atoms with E-state index in [4.69, 9.17) is 4.74 Å². The molecule has 21 heavy (non-hydrogen) atoms. The number of ether oxygens (including phenoxy) is 1. The van der Waals surface area contributed by atoms with Gasteiger partial charge >= 0.3 is 0 Å². The van der Waals surface area contributed by atoms with Crippen LogP contribution in [-0.2, 0) is 0 Å². The van der Waals surface area contributed by atoms with E-state index in [1.807, 2.05) is 7.05 Å². The van der Waals surface area contributed by atoms with Crippen molar-refractivity contribution in [1.29, 1.82) is 0 Å². The minimum atomic E-state index is 0.302. The van der Waals surface area contributed by atoms with Gasteiger partial charge in [-0.2, -0.15) is 11.8 Å². The number of hydrogen-bond acceptors (Lipinski definition) is 3. The van der Waals surface area contributed by atoms with Gasteiger partial charge in [-0.25, -0.2) is 0 Å². The Bertz CT molecular complexity index is 575. The van der Waals surface area contributed by atoms with Crippen molar-refractivity contribution in [3.05, 3.63) is 42.5 Å². The molecular weight excluding hydrogens is 278 g/mol. The third-order valence-corrected chi connectivity index (χ3v) is 5.58. The number of thioether (sulfide) groups is 1. The summed E-state index contributed by atoms with van der Waals surface area (Å²) in [5.74, 6) is 2.31. The molecule has 1 saturated heterocycles. The zero-order valence-corrected chi connectivity index (χ0v) is 13.4. The predicted octanol–water partition coefficient (Wildman–Crippen LogP) is 4.09. The van der Waals surface area contributed by atoms with Crippen LogP contribution in [-0.4, -0.2) is 30.7 Å². The van der Waals surface area contributed by atoms with Crippen molar-refractivity contribution in [1.82, 2.24) is 5.32 Å². The molecule has 0 bridgehead atoms. The Balaban J connectivity index is 1.82. The number of nitrogens with one attached hydrogen (secondary N) is 1. The molecule has 2 nitrogen and oxygen atoms in total. The average molecular weight is 301 g/mol. The molecule has 1 unspecified atom stereocenters. The molecule has 3 heteroatoms. The highest BCUT2D eigenvalue weighted by Crippen LogP contribution is 2.34. The maximum Gasteiger partial charge on any atom is 0.127 e. The Morgan fingerprint density at radius 3 is 2.90 bits per heavy atom. The molecule has 1 aliphatic rings. The molecule has 2 aromatic rings. The van der Waals surface area contributed by atoms with Crippen LogP contribution < -0.4 is 10.1 Å². The molecule has 1 N–H and O–H groups in total. The number of benzene rings is 2. The van der Waals surface area contributed by atoms with Gasteiger partial charge in [0, 0.05) is 10.6 Å². The number of rotatable bonds is 6. The highest BCUT2D eigenvalue weighted by molar-refractivity contribution is 8.00. The lowest BCUT2D eigenvalue weighted by molar-refractivity contribution is 0.188. The monoisotopic (exact) mass is 301 g/mol. The van der Waals surface area contributed by atoms with Crippen LogP contribution in [0.15, 0.2) is 42.5 Å². The molecule has 3 rings (SSSR count).